The van der Waals surface area contributed by atoms with Gasteiger partial charge in [-0.2, -0.15) is 0 Å². The molecule has 0 spiro atoms. The van der Waals surface area contributed by atoms with Crippen molar-refractivity contribution < 1.29 is 4.42 Å². The van der Waals surface area contributed by atoms with Crippen molar-refractivity contribution in [2.45, 2.75) is 26.3 Å². The molecule has 84 valence electrons. The van der Waals surface area contributed by atoms with Crippen LogP contribution in [0.5, 0.6) is 0 Å². The number of pyridine rings is 1. The van der Waals surface area contributed by atoms with Crippen LogP contribution in [0.3, 0.4) is 0 Å². The van der Waals surface area contributed by atoms with E-state index in [0.717, 1.165) is 22.4 Å². The standard InChI is InChI=1S/C13H16N2O/c1-9-6-12(13(2,3)14)15-7-11(9)10-4-5-16-8-10/h4-8H,14H2,1-3H3. The Morgan fingerprint density at radius 3 is 2.62 bits per heavy atom. The molecule has 2 aromatic heterocycles. The van der Waals surface area contributed by atoms with E-state index < -0.39 is 5.54 Å². The Bertz CT molecular complexity index is 481. The first-order valence-electron chi connectivity index (χ1n) is 5.27. The lowest BCUT2D eigenvalue weighted by atomic mass is 9.97. The molecule has 0 aromatic carbocycles. The Morgan fingerprint density at radius 2 is 2.12 bits per heavy atom. The van der Waals surface area contributed by atoms with Crippen molar-refractivity contribution in [3.63, 3.8) is 0 Å². The topological polar surface area (TPSA) is 52.0 Å². The van der Waals surface area contributed by atoms with Crippen molar-refractivity contribution in [1.29, 1.82) is 0 Å². The molecule has 16 heavy (non-hydrogen) atoms. The molecule has 0 bridgehead atoms. The maximum atomic E-state index is 6.01. The van der Waals surface area contributed by atoms with Crippen molar-refractivity contribution in [2.24, 2.45) is 5.73 Å². The number of aryl methyl sites for hydroxylation is 1. The third-order valence-corrected chi connectivity index (χ3v) is 2.60. The van der Waals surface area contributed by atoms with Gasteiger partial charge in [0, 0.05) is 17.3 Å². The average molecular weight is 216 g/mol. The third kappa shape index (κ3) is 1.99. The summed E-state index contributed by atoms with van der Waals surface area (Å²) in [5.74, 6) is 0. The first-order valence-corrected chi connectivity index (χ1v) is 5.27. The quantitative estimate of drug-likeness (QED) is 0.839. The molecule has 0 fully saturated rings. The summed E-state index contributed by atoms with van der Waals surface area (Å²) in [6.45, 7) is 5.96. The van der Waals surface area contributed by atoms with Gasteiger partial charge in [0.25, 0.3) is 0 Å². The fourth-order valence-electron chi connectivity index (χ4n) is 1.63. The van der Waals surface area contributed by atoms with Gasteiger partial charge in [-0.25, -0.2) is 0 Å². The second-order valence-electron chi connectivity index (χ2n) is 4.62. The van der Waals surface area contributed by atoms with Crippen molar-refractivity contribution in [3.05, 3.63) is 42.1 Å². The van der Waals surface area contributed by atoms with E-state index in [1.807, 2.05) is 32.2 Å². The highest BCUT2D eigenvalue weighted by molar-refractivity contribution is 5.65. The largest absolute Gasteiger partial charge is 0.472 e. The second kappa shape index (κ2) is 3.76. The maximum Gasteiger partial charge on any atom is 0.0981 e. The maximum absolute atomic E-state index is 6.01. The van der Waals surface area contributed by atoms with Gasteiger partial charge in [0.15, 0.2) is 0 Å². The highest BCUT2D eigenvalue weighted by Gasteiger charge is 2.17. The number of rotatable bonds is 2. The van der Waals surface area contributed by atoms with Crippen molar-refractivity contribution in [1.82, 2.24) is 4.98 Å². The van der Waals surface area contributed by atoms with Crippen LogP contribution < -0.4 is 5.73 Å². The van der Waals surface area contributed by atoms with E-state index in [1.165, 1.54) is 0 Å². The molecule has 0 radical (unpaired) electrons. The molecule has 0 unspecified atom stereocenters. The minimum atomic E-state index is -0.403. The lowest BCUT2D eigenvalue weighted by Crippen LogP contribution is -2.29. The van der Waals surface area contributed by atoms with Gasteiger partial charge in [-0.3, -0.25) is 4.98 Å². The van der Waals surface area contributed by atoms with Gasteiger partial charge < -0.3 is 10.2 Å². The molecular weight excluding hydrogens is 200 g/mol. The fourth-order valence-corrected chi connectivity index (χ4v) is 1.63. The van der Waals surface area contributed by atoms with Crippen molar-refractivity contribution in [3.8, 4) is 11.1 Å². The fraction of sp³-hybridized carbons (Fsp3) is 0.308. The Balaban J connectivity index is 2.46. The van der Waals surface area contributed by atoms with E-state index in [0.29, 0.717) is 0 Å². The zero-order valence-corrected chi connectivity index (χ0v) is 9.82. The molecule has 3 heteroatoms. The number of nitrogens with two attached hydrogens (primary N) is 1. The second-order valence-corrected chi connectivity index (χ2v) is 4.62. The van der Waals surface area contributed by atoms with Crippen LogP contribution in [-0.4, -0.2) is 4.98 Å². The summed E-state index contributed by atoms with van der Waals surface area (Å²) >= 11 is 0. The van der Waals surface area contributed by atoms with Gasteiger partial charge in [-0.05, 0) is 38.5 Å². The van der Waals surface area contributed by atoms with E-state index in [4.69, 9.17) is 10.2 Å². The first-order chi connectivity index (χ1) is 7.48. The summed E-state index contributed by atoms with van der Waals surface area (Å²) in [7, 11) is 0. The van der Waals surface area contributed by atoms with Gasteiger partial charge in [-0.15, -0.1) is 0 Å². The van der Waals surface area contributed by atoms with Gasteiger partial charge in [0.1, 0.15) is 0 Å². The van der Waals surface area contributed by atoms with Crippen LogP contribution in [0.25, 0.3) is 11.1 Å². The Labute approximate surface area is 95.3 Å². The lowest BCUT2D eigenvalue weighted by molar-refractivity contribution is 0.535. The highest BCUT2D eigenvalue weighted by Crippen LogP contribution is 2.25. The van der Waals surface area contributed by atoms with Crippen LogP contribution in [0.2, 0.25) is 0 Å². The van der Waals surface area contributed by atoms with Crippen LogP contribution in [0.1, 0.15) is 25.1 Å². The summed E-state index contributed by atoms with van der Waals surface area (Å²) in [4.78, 5) is 4.40. The summed E-state index contributed by atoms with van der Waals surface area (Å²) in [6, 6.07) is 3.96. The lowest BCUT2D eigenvalue weighted by Gasteiger charge is -2.19. The molecule has 0 atom stereocenters. The molecule has 2 N–H and O–H groups in total. The van der Waals surface area contributed by atoms with Gasteiger partial charge in [0.2, 0.25) is 0 Å². The number of furan rings is 1. The molecule has 0 saturated carbocycles. The molecular formula is C13H16N2O. The molecule has 0 aliphatic carbocycles. The van der Waals surface area contributed by atoms with Crippen LogP contribution >= 0.6 is 0 Å². The zero-order chi connectivity index (χ0) is 11.8. The van der Waals surface area contributed by atoms with Gasteiger partial charge in [-0.1, -0.05) is 0 Å². The van der Waals surface area contributed by atoms with Crippen LogP contribution in [0.15, 0.2) is 35.3 Å². The monoisotopic (exact) mass is 216 g/mol. The smallest absolute Gasteiger partial charge is 0.0981 e. The van der Waals surface area contributed by atoms with Crippen LogP contribution in [0, 0.1) is 6.92 Å². The molecule has 2 rings (SSSR count). The summed E-state index contributed by atoms with van der Waals surface area (Å²) in [5.41, 5.74) is 9.80. The summed E-state index contributed by atoms with van der Waals surface area (Å²) in [5, 5.41) is 0. The Hall–Kier alpha value is -1.61. The molecule has 2 heterocycles. The molecule has 3 nitrogen and oxygen atoms in total. The van der Waals surface area contributed by atoms with Crippen molar-refractivity contribution >= 4 is 0 Å². The Morgan fingerprint density at radius 1 is 1.38 bits per heavy atom. The molecule has 0 saturated heterocycles. The summed E-state index contributed by atoms with van der Waals surface area (Å²) in [6.07, 6.45) is 5.23. The molecule has 0 aliphatic rings. The zero-order valence-electron chi connectivity index (χ0n) is 9.82. The predicted octanol–water partition coefficient (Wildman–Crippen LogP) is 2.84. The van der Waals surface area contributed by atoms with Gasteiger partial charge >= 0.3 is 0 Å². The predicted molar refractivity (Wildman–Crippen MR) is 63.9 cm³/mol. The molecule has 2 aromatic rings. The minimum Gasteiger partial charge on any atom is -0.472 e. The van der Waals surface area contributed by atoms with E-state index in [9.17, 15) is 0 Å². The van der Waals surface area contributed by atoms with Crippen LogP contribution in [0.4, 0.5) is 0 Å². The SMILES string of the molecule is Cc1cc(C(C)(C)N)ncc1-c1ccoc1. The Kier molecular flexibility index (Phi) is 2.56. The highest BCUT2D eigenvalue weighted by atomic mass is 16.3. The number of hydrogen-bond acceptors (Lipinski definition) is 3. The first kappa shape index (κ1) is 10.9. The van der Waals surface area contributed by atoms with E-state index in [2.05, 4.69) is 11.9 Å². The molecule has 0 amide bonds. The minimum absolute atomic E-state index is 0.403. The summed E-state index contributed by atoms with van der Waals surface area (Å²) < 4.78 is 5.07. The van der Waals surface area contributed by atoms with E-state index in [1.54, 1.807) is 12.5 Å². The van der Waals surface area contributed by atoms with E-state index in [-0.39, 0.29) is 0 Å². The van der Waals surface area contributed by atoms with Gasteiger partial charge in [0.05, 0.1) is 23.8 Å². The van der Waals surface area contributed by atoms with E-state index >= 15 is 0 Å². The normalized spacial score (nSPS) is 11.8. The molecule has 0 aliphatic heterocycles. The number of hydrogen-bond donors (Lipinski definition) is 1. The third-order valence-electron chi connectivity index (χ3n) is 2.60. The van der Waals surface area contributed by atoms with Crippen LogP contribution in [-0.2, 0) is 5.54 Å². The van der Waals surface area contributed by atoms with Crippen molar-refractivity contribution in [2.75, 3.05) is 0 Å². The number of nitrogens with zero attached hydrogens (tertiary/aromatic N) is 1. The number of aromatic nitrogens is 1. The average Bonchev–Trinajstić information content (AvgIpc) is 2.69.